The Morgan fingerprint density at radius 3 is 1.40 bits per heavy atom. The first-order valence-electron chi connectivity index (χ1n) is 2.74. The number of aliphatic hydroxyl groups excluding tert-OH is 1. The fraction of sp³-hybridized carbons (Fsp3) is 0.143. The molecule has 0 aromatic rings. The van der Waals surface area contributed by atoms with E-state index in [2.05, 4.69) is 0 Å². The molecule has 0 saturated heterocycles. The molecule has 2 aliphatic carbocycles. The fourth-order valence-electron chi connectivity index (χ4n) is 0.807. The largest absolute Gasteiger partial charge is 0.400 e. The maximum absolute atomic E-state index is 7.00. The molecule has 0 atom stereocenters. The van der Waals surface area contributed by atoms with Gasteiger partial charge in [-0.25, -0.2) is 0 Å². The van der Waals surface area contributed by atoms with Gasteiger partial charge in [0.2, 0.25) is 0 Å². The first-order chi connectivity index (χ1) is 4.80. The van der Waals surface area contributed by atoms with E-state index in [1.807, 2.05) is 12.1 Å². The number of rotatable bonds is 0. The predicted molar refractivity (Wildman–Crippen MR) is 43.6 cm³/mol. The Labute approximate surface area is 69.2 Å². The molecule has 0 fully saturated rings. The Morgan fingerprint density at radius 2 is 1.30 bits per heavy atom. The lowest BCUT2D eigenvalue weighted by atomic mass is 9.94. The highest BCUT2D eigenvalue weighted by molar-refractivity contribution is 6.49. The minimum Gasteiger partial charge on any atom is -0.400 e. The summed E-state index contributed by atoms with van der Waals surface area (Å²) < 4.78 is 0. The van der Waals surface area contributed by atoms with E-state index in [1.54, 1.807) is 0 Å². The van der Waals surface area contributed by atoms with Crippen molar-refractivity contribution < 1.29 is 5.11 Å². The second-order valence-corrected chi connectivity index (χ2v) is 2.54. The highest BCUT2D eigenvalue weighted by Gasteiger charge is 2.22. The van der Waals surface area contributed by atoms with Crippen LogP contribution in [-0.2, 0) is 0 Å². The Bertz CT molecular complexity index is 231. The highest BCUT2D eigenvalue weighted by atomic mass is 35.5. The third-order valence-corrected chi connectivity index (χ3v) is 2.25. The van der Waals surface area contributed by atoms with Crippen molar-refractivity contribution >= 4 is 23.2 Å². The topological polar surface area (TPSA) is 20.2 Å². The second-order valence-electron chi connectivity index (χ2n) is 1.79. The van der Waals surface area contributed by atoms with Crippen molar-refractivity contribution in [2.45, 2.75) is 0 Å². The van der Waals surface area contributed by atoms with Crippen LogP contribution in [0.1, 0.15) is 0 Å². The third kappa shape index (κ3) is 0.823. The van der Waals surface area contributed by atoms with E-state index < -0.39 is 0 Å². The van der Waals surface area contributed by atoms with Gasteiger partial charge in [0.05, 0.1) is 10.0 Å². The van der Waals surface area contributed by atoms with Crippen molar-refractivity contribution in [1.82, 2.24) is 0 Å². The van der Waals surface area contributed by atoms with E-state index in [0.717, 1.165) is 28.3 Å². The van der Waals surface area contributed by atoms with Gasteiger partial charge in [0, 0.05) is 18.2 Å². The molecule has 54 valence electrons. The van der Waals surface area contributed by atoms with Crippen LogP contribution in [0.15, 0.2) is 12.1 Å². The van der Waals surface area contributed by atoms with E-state index in [0.29, 0.717) is 0 Å². The first-order valence-corrected chi connectivity index (χ1v) is 3.49. The second kappa shape index (κ2) is 2.79. The highest BCUT2D eigenvalue weighted by Crippen LogP contribution is 2.49. The molecule has 0 saturated carbocycles. The van der Waals surface area contributed by atoms with Gasteiger partial charge < -0.3 is 5.11 Å². The molecular formula is C7H6Cl2O. The smallest absolute Gasteiger partial charge is 0.0677 e. The Balaban J connectivity index is 0.000000231. The van der Waals surface area contributed by atoms with Crippen LogP contribution in [0.3, 0.4) is 0 Å². The summed E-state index contributed by atoms with van der Waals surface area (Å²) in [6.45, 7) is 0. The van der Waals surface area contributed by atoms with Crippen molar-refractivity contribution in [3.63, 3.8) is 0 Å². The van der Waals surface area contributed by atoms with Crippen LogP contribution in [0, 0.1) is 0 Å². The number of hydrogen-bond donors (Lipinski definition) is 1. The predicted octanol–water partition coefficient (Wildman–Crippen LogP) is 2.58. The molecule has 0 bridgehead atoms. The molecule has 0 aliphatic heterocycles. The standard InChI is InChI=1S/C6H2Cl2.CH4O/c7-5-3-1-2-4(3)6(5)8;1-2/h1-2H;2H,1H3. The van der Waals surface area contributed by atoms with Gasteiger partial charge in [-0.05, 0) is 0 Å². The summed E-state index contributed by atoms with van der Waals surface area (Å²) in [7, 11) is 1.00. The molecule has 0 amide bonds. The van der Waals surface area contributed by atoms with Gasteiger partial charge in [0.1, 0.15) is 0 Å². The van der Waals surface area contributed by atoms with Gasteiger partial charge in [-0.15, -0.1) is 0 Å². The zero-order chi connectivity index (χ0) is 7.72. The lowest BCUT2D eigenvalue weighted by Gasteiger charge is -2.19. The van der Waals surface area contributed by atoms with Gasteiger partial charge >= 0.3 is 0 Å². The zero-order valence-corrected chi connectivity index (χ0v) is 6.87. The van der Waals surface area contributed by atoms with E-state index in [9.17, 15) is 0 Å². The molecule has 1 nitrogen and oxygen atoms in total. The van der Waals surface area contributed by atoms with Crippen molar-refractivity contribution in [2.75, 3.05) is 7.11 Å². The summed E-state index contributed by atoms with van der Waals surface area (Å²) >= 11 is 11.3. The molecular weight excluding hydrogens is 171 g/mol. The molecule has 0 aromatic carbocycles. The molecule has 0 radical (unpaired) electrons. The Kier molecular flexibility index (Phi) is 2.19. The Hall–Kier alpha value is -0.240. The van der Waals surface area contributed by atoms with Crippen molar-refractivity contribution in [2.24, 2.45) is 0 Å². The number of aliphatic hydroxyl groups is 1. The molecule has 0 spiro atoms. The quantitative estimate of drug-likeness (QED) is 0.655. The van der Waals surface area contributed by atoms with E-state index >= 15 is 0 Å². The summed E-state index contributed by atoms with van der Waals surface area (Å²) in [4.78, 5) is 0. The van der Waals surface area contributed by atoms with Crippen molar-refractivity contribution in [1.29, 1.82) is 0 Å². The SMILES string of the molecule is CO.Clc1c2ccc-2c1Cl. The van der Waals surface area contributed by atoms with E-state index in [4.69, 9.17) is 28.3 Å². The Morgan fingerprint density at radius 1 is 1.00 bits per heavy atom. The lowest BCUT2D eigenvalue weighted by molar-refractivity contribution is 0.399. The van der Waals surface area contributed by atoms with Crippen LogP contribution < -0.4 is 0 Å². The number of halogens is 2. The number of hydrogen-bond acceptors (Lipinski definition) is 1. The summed E-state index contributed by atoms with van der Waals surface area (Å²) in [6.07, 6.45) is 0. The van der Waals surface area contributed by atoms with Gasteiger partial charge in [-0.2, -0.15) is 0 Å². The fourth-order valence-corrected chi connectivity index (χ4v) is 1.34. The van der Waals surface area contributed by atoms with Gasteiger partial charge in [-0.3, -0.25) is 0 Å². The monoisotopic (exact) mass is 176 g/mol. The van der Waals surface area contributed by atoms with Crippen molar-refractivity contribution in [3.05, 3.63) is 22.2 Å². The number of benzene rings is 1. The molecule has 0 unspecified atom stereocenters. The van der Waals surface area contributed by atoms with Crippen LogP contribution in [0.25, 0.3) is 11.1 Å². The lowest BCUT2D eigenvalue weighted by Crippen LogP contribution is -1.93. The molecule has 0 aromatic heterocycles. The summed E-state index contributed by atoms with van der Waals surface area (Å²) in [5.74, 6) is 0. The van der Waals surface area contributed by atoms with Gasteiger partial charge in [-0.1, -0.05) is 35.3 Å². The average Bonchev–Trinajstić information content (AvgIpc) is 1.91. The van der Waals surface area contributed by atoms with Crippen LogP contribution in [-0.4, -0.2) is 12.2 Å². The summed E-state index contributed by atoms with van der Waals surface area (Å²) in [6, 6.07) is 3.92. The molecule has 2 rings (SSSR count). The third-order valence-electron chi connectivity index (χ3n) is 1.37. The van der Waals surface area contributed by atoms with Crippen molar-refractivity contribution in [3.8, 4) is 11.1 Å². The maximum atomic E-state index is 7.00. The van der Waals surface area contributed by atoms with Gasteiger partial charge in [0.25, 0.3) is 0 Å². The normalized spacial score (nSPS) is 10.0. The molecule has 10 heavy (non-hydrogen) atoms. The number of fused-ring (bicyclic) bond motifs is 1. The van der Waals surface area contributed by atoms with Crippen LogP contribution in [0.4, 0.5) is 0 Å². The zero-order valence-electron chi connectivity index (χ0n) is 5.36. The van der Waals surface area contributed by atoms with Crippen LogP contribution in [0.5, 0.6) is 0 Å². The average molecular weight is 177 g/mol. The van der Waals surface area contributed by atoms with Gasteiger partial charge in [0.15, 0.2) is 0 Å². The first kappa shape index (κ1) is 7.86. The molecule has 0 heterocycles. The van der Waals surface area contributed by atoms with Crippen LogP contribution in [0.2, 0.25) is 10.0 Å². The molecule has 3 heteroatoms. The minimum atomic E-state index is 0.726. The summed E-state index contributed by atoms with van der Waals surface area (Å²) in [5, 5.41) is 8.45. The summed E-state index contributed by atoms with van der Waals surface area (Å²) in [5.41, 5.74) is 2.24. The van der Waals surface area contributed by atoms with E-state index in [-0.39, 0.29) is 0 Å². The van der Waals surface area contributed by atoms with Crippen LogP contribution >= 0.6 is 23.2 Å². The maximum Gasteiger partial charge on any atom is 0.0677 e. The van der Waals surface area contributed by atoms with E-state index in [1.165, 1.54) is 0 Å². The molecule has 2 aliphatic rings. The minimum absolute atomic E-state index is 0.726. The molecule has 1 N–H and O–H groups in total.